The molecule has 30 heavy (non-hydrogen) atoms. The van der Waals surface area contributed by atoms with Crippen LogP contribution in [-0.2, 0) is 16.6 Å². The average Bonchev–Trinajstić information content (AvgIpc) is 2.96. The number of nitrogens with zero attached hydrogens (tertiary/aromatic N) is 2. The van der Waals surface area contributed by atoms with Gasteiger partial charge in [0, 0.05) is 7.05 Å². The average molecular weight is 418 g/mol. The zero-order valence-electron chi connectivity index (χ0n) is 18.6. The van der Waals surface area contributed by atoms with Crippen LogP contribution >= 0.6 is 0 Å². The largest absolute Gasteiger partial charge is 0.490 e. The van der Waals surface area contributed by atoms with E-state index in [2.05, 4.69) is 10.4 Å². The highest BCUT2D eigenvalue weighted by Crippen LogP contribution is 2.29. The monoisotopic (exact) mass is 417 g/mol. The molecule has 0 unspecified atom stereocenters. The van der Waals surface area contributed by atoms with Gasteiger partial charge in [-0.2, -0.15) is 5.10 Å². The number of esters is 1. The third-order valence-electron chi connectivity index (χ3n) is 4.51. The lowest BCUT2D eigenvalue weighted by Crippen LogP contribution is -2.30. The second-order valence-electron chi connectivity index (χ2n) is 7.06. The lowest BCUT2D eigenvalue weighted by Gasteiger charge is -2.16. The highest BCUT2D eigenvalue weighted by atomic mass is 16.5. The van der Waals surface area contributed by atoms with Crippen molar-refractivity contribution in [2.24, 2.45) is 7.05 Å². The normalized spacial score (nSPS) is 11.7. The highest BCUT2D eigenvalue weighted by Gasteiger charge is 2.22. The molecule has 1 atom stereocenters. The Hall–Kier alpha value is -3.03. The van der Waals surface area contributed by atoms with Crippen LogP contribution in [0.25, 0.3) is 0 Å². The molecule has 1 aromatic carbocycles. The number of hydrogen-bond acceptors (Lipinski definition) is 6. The number of carbonyl (C=O) groups is 2. The molecular formula is C22H31N3O5. The molecule has 0 saturated heterocycles. The number of hydrogen-bond donors (Lipinski definition) is 1. The van der Waals surface area contributed by atoms with Crippen molar-refractivity contribution in [3.8, 4) is 11.5 Å². The molecule has 2 rings (SSSR count). The maximum Gasteiger partial charge on any atom is 0.339 e. The van der Waals surface area contributed by atoms with Gasteiger partial charge in [0.15, 0.2) is 17.6 Å². The number of ether oxygens (including phenoxy) is 3. The first-order valence-corrected chi connectivity index (χ1v) is 10.2. The second-order valence-corrected chi connectivity index (χ2v) is 7.06. The fraction of sp³-hybridized carbons (Fsp3) is 0.500. The van der Waals surface area contributed by atoms with Crippen LogP contribution in [0.15, 0.2) is 18.2 Å². The summed E-state index contributed by atoms with van der Waals surface area (Å²) in [6, 6.07) is 4.87. The van der Waals surface area contributed by atoms with E-state index in [9.17, 15) is 9.59 Å². The zero-order chi connectivity index (χ0) is 22.3. The van der Waals surface area contributed by atoms with E-state index in [0.29, 0.717) is 41.7 Å². The van der Waals surface area contributed by atoms with E-state index >= 15 is 0 Å². The smallest absolute Gasteiger partial charge is 0.339 e. The Balaban J connectivity index is 2.08. The topological polar surface area (TPSA) is 91.7 Å². The van der Waals surface area contributed by atoms with Crippen LogP contribution in [0.2, 0.25) is 0 Å². The maximum atomic E-state index is 12.6. The third kappa shape index (κ3) is 5.75. The molecule has 0 aliphatic carbocycles. The van der Waals surface area contributed by atoms with Crippen LogP contribution < -0.4 is 14.8 Å². The van der Waals surface area contributed by atoms with Crippen LogP contribution in [0, 0.1) is 13.8 Å². The van der Waals surface area contributed by atoms with E-state index in [4.69, 9.17) is 14.2 Å². The molecule has 0 bridgehead atoms. The molecule has 1 heterocycles. The Kier molecular flexibility index (Phi) is 8.26. The van der Waals surface area contributed by atoms with Crippen LogP contribution in [0.3, 0.4) is 0 Å². The summed E-state index contributed by atoms with van der Waals surface area (Å²) in [4.78, 5) is 25.1. The Labute approximate surface area is 177 Å². The van der Waals surface area contributed by atoms with Crippen LogP contribution in [0.1, 0.15) is 55.4 Å². The summed E-state index contributed by atoms with van der Waals surface area (Å²) < 4.78 is 18.4. The number of anilines is 1. The van der Waals surface area contributed by atoms with Gasteiger partial charge in [0.05, 0.1) is 35.9 Å². The van der Waals surface area contributed by atoms with Crippen molar-refractivity contribution in [3.05, 3.63) is 35.2 Å². The van der Waals surface area contributed by atoms with Gasteiger partial charge in [0.25, 0.3) is 5.91 Å². The predicted octanol–water partition coefficient (Wildman–Crippen LogP) is 3.80. The van der Waals surface area contributed by atoms with Gasteiger partial charge in [0.1, 0.15) is 0 Å². The van der Waals surface area contributed by atoms with Crippen LogP contribution in [0.5, 0.6) is 11.5 Å². The summed E-state index contributed by atoms with van der Waals surface area (Å²) in [7, 11) is 1.80. The lowest BCUT2D eigenvalue weighted by molar-refractivity contribution is -0.123. The first kappa shape index (κ1) is 23.3. The van der Waals surface area contributed by atoms with Gasteiger partial charge in [-0.25, -0.2) is 4.79 Å². The molecular weight excluding hydrogens is 386 g/mol. The molecule has 1 aromatic heterocycles. The van der Waals surface area contributed by atoms with Gasteiger partial charge in [-0.15, -0.1) is 0 Å². The van der Waals surface area contributed by atoms with Gasteiger partial charge >= 0.3 is 5.97 Å². The van der Waals surface area contributed by atoms with Crippen molar-refractivity contribution in [1.29, 1.82) is 0 Å². The Morgan fingerprint density at radius 2 is 1.73 bits per heavy atom. The van der Waals surface area contributed by atoms with Crippen molar-refractivity contribution in [3.63, 3.8) is 0 Å². The third-order valence-corrected chi connectivity index (χ3v) is 4.51. The fourth-order valence-corrected chi connectivity index (χ4v) is 2.75. The zero-order valence-corrected chi connectivity index (χ0v) is 18.6. The molecule has 1 amide bonds. The quantitative estimate of drug-likeness (QED) is 0.591. The van der Waals surface area contributed by atoms with Crippen LogP contribution in [-0.4, -0.2) is 41.0 Å². The SMILES string of the molecule is CCCOc1ccc(C(=O)O[C@@H](C)C(=O)Nc2c(C)nn(C)c2C)cc1OCCC. The van der Waals surface area contributed by atoms with Crippen molar-refractivity contribution in [2.45, 2.75) is 53.6 Å². The molecule has 0 spiro atoms. The number of nitrogens with one attached hydrogen (secondary N) is 1. The molecule has 2 aromatic rings. The Bertz CT molecular complexity index is 891. The van der Waals surface area contributed by atoms with Crippen molar-refractivity contribution in [2.75, 3.05) is 18.5 Å². The van der Waals surface area contributed by atoms with Crippen molar-refractivity contribution in [1.82, 2.24) is 9.78 Å². The number of aryl methyl sites for hydroxylation is 2. The summed E-state index contributed by atoms with van der Waals surface area (Å²) >= 11 is 0. The number of carbonyl (C=O) groups excluding carboxylic acids is 2. The molecule has 0 radical (unpaired) electrons. The summed E-state index contributed by atoms with van der Waals surface area (Å²) in [5.74, 6) is 0.0298. The van der Waals surface area contributed by atoms with E-state index in [0.717, 1.165) is 18.5 Å². The molecule has 8 heteroatoms. The molecule has 0 fully saturated rings. The predicted molar refractivity (Wildman–Crippen MR) is 114 cm³/mol. The summed E-state index contributed by atoms with van der Waals surface area (Å²) in [6.45, 7) is 10.3. The van der Waals surface area contributed by atoms with Crippen molar-refractivity contribution < 1.29 is 23.8 Å². The summed E-state index contributed by atoms with van der Waals surface area (Å²) in [6.07, 6.45) is 0.707. The lowest BCUT2D eigenvalue weighted by atomic mass is 10.2. The second kappa shape index (κ2) is 10.7. The van der Waals surface area contributed by atoms with Gasteiger partial charge in [-0.05, 0) is 51.8 Å². The number of aromatic nitrogens is 2. The Morgan fingerprint density at radius 1 is 1.10 bits per heavy atom. The number of benzene rings is 1. The molecule has 164 valence electrons. The molecule has 0 aliphatic heterocycles. The van der Waals surface area contributed by atoms with E-state index in [1.807, 2.05) is 20.8 Å². The minimum absolute atomic E-state index is 0.290. The van der Waals surface area contributed by atoms with E-state index < -0.39 is 18.0 Å². The van der Waals surface area contributed by atoms with E-state index in [1.54, 1.807) is 36.9 Å². The maximum absolute atomic E-state index is 12.6. The standard InChI is InChI=1S/C22H31N3O5/c1-7-11-28-18-10-9-17(13-19(18)29-12-8-2)22(27)30-16(5)21(26)23-20-14(3)24-25(6)15(20)4/h9-10,13,16H,7-8,11-12H2,1-6H3,(H,23,26)/t16-/m0/s1. The molecule has 0 aliphatic rings. The first-order valence-electron chi connectivity index (χ1n) is 10.2. The first-order chi connectivity index (χ1) is 14.3. The van der Waals surface area contributed by atoms with E-state index in [-0.39, 0.29) is 0 Å². The number of rotatable bonds is 10. The summed E-state index contributed by atoms with van der Waals surface area (Å²) in [5.41, 5.74) is 2.43. The number of amides is 1. The summed E-state index contributed by atoms with van der Waals surface area (Å²) in [5, 5.41) is 7.05. The minimum Gasteiger partial charge on any atom is -0.490 e. The van der Waals surface area contributed by atoms with Gasteiger partial charge in [-0.1, -0.05) is 13.8 Å². The van der Waals surface area contributed by atoms with Crippen molar-refractivity contribution >= 4 is 17.6 Å². The van der Waals surface area contributed by atoms with Gasteiger partial charge < -0.3 is 19.5 Å². The minimum atomic E-state index is -0.979. The fourth-order valence-electron chi connectivity index (χ4n) is 2.75. The molecule has 8 nitrogen and oxygen atoms in total. The van der Waals surface area contributed by atoms with Crippen LogP contribution in [0.4, 0.5) is 5.69 Å². The Morgan fingerprint density at radius 3 is 2.30 bits per heavy atom. The van der Waals surface area contributed by atoms with E-state index in [1.165, 1.54) is 6.92 Å². The molecule has 1 N–H and O–H groups in total. The van der Waals surface area contributed by atoms with Gasteiger partial charge in [0.2, 0.25) is 0 Å². The highest BCUT2D eigenvalue weighted by molar-refractivity contribution is 5.98. The van der Waals surface area contributed by atoms with Gasteiger partial charge in [-0.3, -0.25) is 9.48 Å². The molecule has 0 saturated carbocycles.